The van der Waals surface area contributed by atoms with Gasteiger partial charge in [0.15, 0.2) is 0 Å². The first-order chi connectivity index (χ1) is 13.9. The maximum Gasteiger partial charge on any atom is 0.266 e. The summed E-state index contributed by atoms with van der Waals surface area (Å²) < 4.78 is 15.5. The van der Waals surface area contributed by atoms with Crippen LogP contribution in [0.1, 0.15) is 21.5 Å². The predicted octanol–water partition coefficient (Wildman–Crippen LogP) is 3.18. The number of carbonyl (C=O) groups is 1. The molecular weight excluding hydrogens is 375 g/mol. The Labute approximate surface area is 164 Å². The maximum atomic E-state index is 14.0. The average Bonchev–Trinajstić information content (AvgIpc) is 3.07. The molecule has 0 aliphatic carbocycles. The highest BCUT2D eigenvalue weighted by Crippen LogP contribution is 2.26. The van der Waals surface area contributed by atoms with E-state index in [0.29, 0.717) is 12.1 Å². The first kappa shape index (κ1) is 18.4. The number of rotatable bonds is 4. The molecule has 0 aliphatic rings. The van der Waals surface area contributed by atoms with E-state index in [1.54, 1.807) is 13.0 Å². The molecule has 4 rings (SSSR count). The third-order valence-corrected chi connectivity index (χ3v) is 4.57. The van der Waals surface area contributed by atoms with Crippen molar-refractivity contribution in [2.24, 2.45) is 0 Å². The molecule has 29 heavy (non-hydrogen) atoms. The number of pyridine rings is 1. The lowest BCUT2D eigenvalue weighted by molar-refractivity contribution is 0.102. The van der Waals surface area contributed by atoms with Gasteiger partial charge in [0.25, 0.3) is 11.5 Å². The number of halogens is 1. The topological polar surface area (TPSA) is 100 Å². The minimum absolute atomic E-state index is 0.0840. The van der Waals surface area contributed by atoms with Crippen molar-refractivity contribution >= 4 is 22.6 Å². The van der Waals surface area contributed by atoms with Crippen molar-refractivity contribution in [3.63, 3.8) is 0 Å². The summed E-state index contributed by atoms with van der Waals surface area (Å²) in [6.45, 7) is 2.09. The second-order valence-electron chi connectivity index (χ2n) is 6.67. The fourth-order valence-corrected chi connectivity index (χ4v) is 3.10. The molecule has 2 heterocycles. The molecule has 0 fully saturated rings. The van der Waals surface area contributed by atoms with Crippen LogP contribution < -0.4 is 10.9 Å². The summed E-state index contributed by atoms with van der Waals surface area (Å²) in [5.74, 6) is -2.05. The molecule has 0 atom stereocenters. The van der Waals surface area contributed by atoms with E-state index in [9.17, 15) is 19.1 Å². The minimum atomic E-state index is -0.913. The number of carbonyl (C=O) groups excluding carboxylic acids is 1. The van der Waals surface area contributed by atoms with Crippen LogP contribution in [0.3, 0.4) is 0 Å². The van der Waals surface area contributed by atoms with E-state index in [4.69, 9.17) is 0 Å². The summed E-state index contributed by atoms with van der Waals surface area (Å²) in [7, 11) is 0. The van der Waals surface area contributed by atoms with Gasteiger partial charge >= 0.3 is 0 Å². The van der Waals surface area contributed by atoms with E-state index in [2.05, 4.69) is 15.4 Å². The van der Waals surface area contributed by atoms with E-state index in [0.717, 1.165) is 5.56 Å². The molecule has 146 valence electrons. The Kier molecular flexibility index (Phi) is 4.59. The molecule has 0 unspecified atom stereocenters. The summed E-state index contributed by atoms with van der Waals surface area (Å²) in [5.41, 5.74) is 0.545. The summed E-state index contributed by atoms with van der Waals surface area (Å²) in [4.78, 5) is 27.7. The Morgan fingerprint density at radius 3 is 2.72 bits per heavy atom. The van der Waals surface area contributed by atoms with Gasteiger partial charge in [-0.2, -0.15) is 5.10 Å². The molecule has 0 bridgehead atoms. The number of nitrogens with one attached hydrogen (secondary N) is 2. The number of aromatic nitrogens is 3. The van der Waals surface area contributed by atoms with Crippen LogP contribution in [0.5, 0.6) is 5.75 Å². The second kappa shape index (κ2) is 7.23. The highest BCUT2D eigenvalue weighted by molar-refractivity contribution is 6.08. The third-order valence-electron chi connectivity index (χ3n) is 4.57. The second-order valence-corrected chi connectivity index (χ2v) is 6.67. The number of hydrogen-bond donors (Lipinski definition) is 3. The molecule has 0 aliphatic heterocycles. The number of benzene rings is 2. The van der Waals surface area contributed by atoms with Gasteiger partial charge in [-0.3, -0.25) is 9.59 Å². The number of H-pyrrole nitrogens is 1. The van der Waals surface area contributed by atoms with Crippen LogP contribution in [0, 0.1) is 12.7 Å². The van der Waals surface area contributed by atoms with Crippen LogP contribution in [-0.4, -0.2) is 25.8 Å². The van der Waals surface area contributed by atoms with Gasteiger partial charge in [-0.25, -0.2) is 9.07 Å². The van der Waals surface area contributed by atoms with E-state index >= 15 is 0 Å². The lowest BCUT2D eigenvalue weighted by Crippen LogP contribution is -2.24. The van der Waals surface area contributed by atoms with Gasteiger partial charge in [0, 0.05) is 0 Å². The monoisotopic (exact) mass is 392 g/mol. The van der Waals surface area contributed by atoms with Crippen LogP contribution in [0.4, 0.5) is 10.1 Å². The van der Waals surface area contributed by atoms with Crippen molar-refractivity contribution in [3.05, 3.63) is 87.6 Å². The highest BCUT2D eigenvalue weighted by atomic mass is 19.1. The minimum Gasteiger partial charge on any atom is -0.506 e. The molecule has 2 aromatic carbocycles. The fraction of sp³-hybridized carbons (Fsp3) is 0.0952. The molecule has 3 N–H and O–H groups in total. The Balaban J connectivity index is 1.71. The molecule has 4 aromatic rings. The molecule has 0 saturated carbocycles. The van der Waals surface area contributed by atoms with Crippen molar-refractivity contribution in [2.45, 2.75) is 13.5 Å². The van der Waals surface area contributed by atoms with Crippen molar-refractivity contribution in [2.75, 3.05) is 5.32 Å². The number of hydrogen-bond acceptors (Lipinski definition) is 4. The highest BCUT2D eigenvalue weighted by Gasteiger charge is 2.22. The molecule has 8 heteroatoms. The molecule has 7 nitrogen and oxygen atoms in total. The molecule has 0 spiro atoms. The molecule has 1 amide bonds. The predicted molar refractivity (Wildman–Crippen MR) is 107 cm³/mol. The number of amides is 1. The molecule has 0 saturated heterocycles. The normalized spacial score (nSPS) is 11.0. The van der Waals surface area contributed by atoms with E-state index in [1.807, 2.05) is 30.3 Å². The van der Waals surface area contributed by atoms with E-state index in [-0.39, 0.29) is 16.7 Å². The Morgan fingerprint density at radius 2 is 2.00 bits per heavy atom. The zero-order valence-electron chi connectivity index (χ0n) is 15.4. The fourth-order valence-electron chi connectivity index (χ4n) is 3.10. The summed E-state index contributed by atoms with van der Waals surface area (Å²) in [6.07, 6.45) is 1.37. The first-order valence-electron chi connectivity index (χ1n) is 8.86. The number of aromatic hydroxyl groups is 1. The van der Waals surface area contributed by atoms with Gasteiger partial charge in [0.2, 0.25) is 0 Å². The third kappa shape index (κ3) is 3.47. The zero-order valence-corrected chi connectivity index (χ0v) is 15.4. The Hall–Kier alpha value is -3.94. The van der Waals surface area contributed by atoms with Crippen molar-refractivity contribution in [1.29, 1.82) is 0 Å². The molecule has 0 radical (unpaired) electrons. The van der Waals surface area contributed by atoms with Crippen molar-refractivity contribution < 1.29 is 14.3 Å². The summed E-state index contributed by atoms with van der Waals surface area (Å²) in [6, 6.07) is 13.7. The quantitative estimate of drug-likeness (QED) is 0.497. The van der Waals surface area contributed by atoms with Gasteiger partial charge in [0.1, 0.15) is 22.8 Å². The lowest BCUT2D eigenvalue weighted by Gasteiger charge is -2.09. The van der Waals surface area contributed by atoms with Crippen LogP contribution in [-0.2, 0) is 6.54 Å². The largest absolute Gasteiger partial charge is 0.506 e. The van der Waals surface area contributed by atoms with Gasteiger partial charge in [-0.15, -0.1) is 0 Å². The SMILES string of the molecule is Cc1ccc(NC(=O)c2c(O)c3cnn(Cc4ccccc4)c3[nH]c2=O)c(F)c1. The smallest absolute Gasteiger partial charge is 0.266 e. The number of nitrogens with zero attached hydrogens (tertiary/aromatic N) is 2. The average molecular weight is 392 g/mol. The lowest BCUT2D eigenvalue weighted by atomic mass is 10.1. The van der Waals surface area contributed by atoms with E-state index in [1.165, 1.54) is 23.0 Å². The number of aromatic amines is 1. The van der Waals surface area contributed by atoms with Crippen molar-refractivity contribution in [1.82, 2.24) is 14.8 Å². The van der Waals surface area contributed by atoms with Gasteiger partial charge in [-0.1, -0.05) is 36.4 Å². The van der Waals surface area contributed by atoms with Crippen LogP contribution in [0.25, 0.3) is 11.0 Å². The summed E-state index contributed by atoms with van der Waals surface area (Å²) in [5, 5.41) is 17.3. The number of fused-ring (bicyclic) bond motifs is 1. The number of aryl methyl sites for hydroxylation is 1. The van der Waals surface area contributed by atoms with Crippen LogP contribution in [0.2, 0.25) is 0 Å². The zero-order chi connectivity index (χ0) is 20.5. The molecule has 2 aromatic heterocycles. The first-order valence-corrected chi connectivity index (χ1v) is 8.86. The summed E-state index contributed by atoms with van der Waals surface area (Å²) >= 11 is 0. The molecular formula is C21H17FN4O3. The Morgan fingerprint density at radius 1 is 1.24 bits per heavy atom. The van der Waals surface area contributed by atoms with Gasteiger partial charge in [0.05, 0.1) is 23.8 Å². The van der Waals surface area contributed by atoms with Crippen molar-refractivity contribution in [3.8, 4) is 5.75 Å². The number of anilines is 1. The van der Waals surface area contributed by atoms with Crippen LogP contribution in [0.15, 0.2) is 59.5 Å². The van der Waals surface area contributed by atoms with Crippen LogP contribution >= 0.6 is 0 Å². The van der Waals surface area contributed by atoms with E-state index < -0.39 is 28.6 Å². The van der Waals surface area contributed by atoms with Gasteiger partial charge < -0.3 is 15.4 Å². The maximum absolute atomic E-state index is 14.0. The Bertz CT molecular complexity index is 1280. The standard InChI is InChI=1S/C21H17FN4O3/c1-12-7-8-16(15(22)9-12)24-20(28)17-18(27)14-10-23-26(19(14)25-21(17)29)11-13-5-3-2-4-6-13/h2-10H,11H2,1H3,(H,24,28)(H2,25,27,29). The van der Waals surface area contributed by atoms with Gasteiger partial charge in [-0.05, 0) is 30.2 Å².